The van der Waals surface area contributed by atoms with Crippen molar-refractivity contribution in [3.63, 3.8) is 0 Å². The van der Waals surface area contributed by atoms with E-state index in [1.54, 1.807) is 0 Å². The Bertz CT molecular complexity index is 364. The molecule has 0 aromatic carbocycles. The molecule has 1 aliphatic heterocycles. The van der Waals surface area contributed by atoms with Crippen molar-refractivity contribution in [1.29, 1.82) is 0 Å². The third-order valence-electron chi connectivity index (χ3n) is 5.55. The van der Waals surface area contributed by atoms with Gasteiger partial charge in [-0.05, 0) is 50.6 Å². The van der Waals surface area contributed by atoms with Crippen molar-refractivity contribution in [1.82, 2.24) is 10.6 Å². The lowest BCUT2D eigenvalue weighted by atomic mass is 9.74. The van der Waals surface area contributed by atoms with E-state index < -0.39 is 5.60 Å². The fourth-order valence-electron chi connectivity index (χ4n) is 3.92. The molecule has 3 N–H and O–H groups in total. The topological polar surface area (TPSA) is 61.4 Å². The van der Waals surface area contributed by atoms with Crippen LogP contribution < -0.4 is 10.6 Å². The number of nitrogens with one attached hydrogen (secondary N) is 2. The van der Waals surface area contributed by atoms with E-state index in [9.17, 15) is 9.90 Å². The molecule has 0 spiro atoms. The van der Waals surface area contributed by atoms with Crippen LogP contribution in [-0.2, 0) is 4.79 Å². The predicted molar refractivity (Wildman–Crippen MR) is 85.0 cm³/mol. The molecule has 0 radical (unpaired) electrons. The zero-order valence-electron chi connectivity index (χ0n) is 13.9. The summed E-state index contributed by atoms with van der Waals surface area (Å²) in [5, 5.41) is 17.1. The first kappa shape index (κ1) is 16.8. The van der Waals surface area contributed by atoms with E-state index in [1.807, 2.05) is 13.8 Å². The molecule has 1 amide bonds. The first-order valence-electron chi connectivity index (χ1n) is 8.55. The van der Waals surface area contributed by atoms with Gasteiger partial charge in [0.2, 0.25) is 5.91 Å². The fourth-order valence-corrected chi connectivity index (χ4v) is 3.92. The average molecular weight is 296 g/mol. The molecule has 1 saturated carbocycles. The lowest BCUT2D eigenvalue weighted by molar-refractivity contribution is -0.134. The molecule has 0 bridgehead atoms. The number of carbonyl (C=O) groups is 1. The Labute approximate surface area is 129 Å². The SMILES string of the molecule is CC1CCCC(O)(CNC(=O)C(C)(C)C2CCCNC2)C1. The Morgan fingerprint density at radius 3 is 2.76 bits per heavy atom. The molecular formula is C17H32N2O2. The number of carbonyl (C=O) groups excluding carboxylic acids is 1. The second kappa shape index (κ2) is 6.66. The van der Waals surface area contributed by atoms with Gasteiger partial charge < -0.3 is 15.7 Å². The zero-order chi connectivity index (χ0) is 15.5. The van der Waals surface area contributed by atoms with Crippen molar-refractivity contribution in [2.75, 3.05) is 19.6 Å². The second-order valence-corrected chi connectivity index (χ2v) is 7.87. The van der Waals surface area contributed by atoms with Gasteiger partial charge in [-0.25, -0.2) is 0 Å². The molecule has 2 fully saturated rings. The highest BCUT2D eigenvalue weighted by atomic mass is 16.3. The Balaban J connectivity index is 1.88. The van der Waals surface area contributed by atoms with Crippen LogP contribution in [0.3, 0.4) is 0 Å². The van der Waals surface area contributed by atoms with Crippen LogP contribution in [0, 0.1) is 17.3 Å². The van der Waals surface area contributed by atoms with Gasteiger partial charge in [-0.1, -0.05) is 33.6 Å². The van der Waals surface area contributed by atoms with Gasteiger partial charge in [0.25, 0.3) is 0 Å². The Morgan fingerprint density at radius 1 is 1.38 bits per heavy atom. The fraction of sp³-hybridized carbons (Fsp3) is 0.941. The third-order valence-corrected chi connectivity index (χ3v) is 5.55. The largest absolute Gasteiger partial charge is 0.388 e. The highest BCUT2D eigenvalue weighted by Gasteiger charge is 2.39. The molecule has 2 rings (SSSR count). The monoisotopic (exact) mass is 296 g/mol. The van der Waals surface area contributed by atoms with Gasteiger partial charge in [0.1, 0.15) is 0 Å². The van der Waals surface area contributed by atoms with Crippen LogP contribution in [0.15, 0.2) is 0 Å². The molecule has 2 aliphatic rings. The molecule has 4 heteroatoms. The molecule has 0 aromatic heterocycles. The van der Waals surface area contributed by atoms with E-state index >= 15 is 0 Å². The molecule has 0 aromatic rings. The summed E-state index contributed by atoms with van der Waals surface area (Å²) in [4.78, 5) is 12.6. The van der Waals surface area contributed by atoms with Gasteiger partial charge in [0, 0.05) is 12.0 Å². The lowest BCUT2D eigenvalue weighted by Crippen LogP contribution is -2.52. The summed E-state index contributed by atoms with van der Waals surface area (Å²) in [6.45, 7) is 8.64. The van der Waals surface area contributed by atoms with Gasteiger partial charge in [-0.15, -0.1) is 0 Å². The summed E-state index contributed by atoms with van der Waals surface area (Å²) < 4.78 is 0. The highest BCUT2D eigenvalue weighted by molar-refractivity contribution is 5.82. The summed E-state index contributed by atoms with van der Waals surface area (Å²) in [6.07, 6.45) is 6.11. The molecular weight excluding hydrogens is 264 g/mol. The Morgan fingerprint density at radius 2 is 2.14 bits per heavy atom. The highest BCUT2D eigenvalue weighted by Crippen LogP contribution is 2.34. The van der Waals surface area contributed by atoms with Crippen molar-refractivity contribution in [3.8, 4) is 0 Å². The number of hydrogen-bond acceptors (Lipinski definition) is 3. The molecule has 21 heavy (non-hydrogen) atoms. The minimum absolute atomic E-state index is 0.0860. The predicted octanol–water partition coefficient (Wildman–Crippen LogP) is 2.07. The summed E-state index contributed by atoms with van der Waals surface area (Å²) >= 11 is 0. The molecule has 122 valence electrons. The van der Waals surface area contributed by atoms with Crippen LogP contribution in [0.25, 0.3) is 0 Å². The minimum atomic E-state index is -0.700. The van der Waals surface area contributed by atoms with Crippen molar-refractivity contribution >= 4 is 5.91 Å². The van der Waals surface area contributed by atoms with Crippen molar-refractivity contribution in [2.24, 2.45) is 17.3 Å². The molecule has 1 saturated heterocycles. The van der Waals surface area contributed by atoms with Crippen molar-refractivity contribution < 1.29 is 9.90 Å². The standard InChI is InChI=1S/C17H32N2O2/c1-13-6-4-8-17(21,10-13)12-19-15(20)16(2,3)14-7-5-9-18-11-14/h13-14,18,21H,4-12H2,1-3H3,(H,19,20). The molecule has 1 aliphatic carbocycles. The number of piperidine rings is 1. The van der Waals surface area contributed by atoms with Crippen LogP contribution in [0.2, 0.25) is 0 Å². The van der Waals surface area contributed by atoms with Gasteiger partial charge in [-0.2, -0.15) is 0 Å². The lowest BCUT2D eigenvalue weighted by Gasteiger charge is -2.39. The average Bonchev–Trinajstić information content (AvgIpc) is 2.45. The maximum absolute atomic E-state index is 12.6. The van der Waals surface area contributed by atoms with E-state index in [2.05, 4.69) is 17.6 Å². The first-order chi connectivity index (χ1) is 9.83. The summed E-state index contributed by atoms with van der Waals surface area (Å²) in [6, 6.07) is 0. The van der Waals surface area contributed by atoms with Gasteiger partial charge in [0.05, 0.1) is 5.60 Å². The van der Waals surface area contributed by atoms with Crippen LogP contribution in [-0.4, -0.2) is 36.2 Å². The summed E-state index contributed by atoms with van der Waals surface area (Å²) in [5.41, 5.74) is -1.07. The maximum Gasteiger partial charge on any atom is 0.226 e. The summed E-state index contributed by atoms with van der Waals surface area (Å²) in [7, 11) is 0. The zero-order valence-corrected chi connectivity index (χ0v) is 13.9. The van der Waals surface area contributed by atoms with Crippen molar-refractivity contribution in [2.45, 2.75) is 64.9 Å². The van der Waals surface area contributed by atoms with E-state index in [0.29, 0.717) is 18.4 Å². The number of amides is 1. The number of aliphatic hydroxyl groups is 1. The molecule has 1 heterocycles. The van der Waals surface area contributed by atoms with Crippen LogP contribution >= 0.6 is 0 Å². The van der Waals surface area contributed by atoms with E-state index in [-0.39, 0.29) is 11.3 Å². The number of rotatable bonds is 4. The quantitative estimate of drug-likeness (QED) is 0.744. The van der Waals surface area contributed by atoms with Crippen molar-refractivity contribution in [3.05, 3.63) is 0 Å². The van der Waals surface area contributed by atoms with Gasteiger partial charge in [-0.3, -0.25) is 4.79 Å². The van der Waals surface area contributed by atoms with Crippen LogP contribution in [0.4, 0.5) is 0 Å². The summed E-state index contributed by atoms with van der Waals surface area (Å²) in [5.74, 6) is 1.02. The van der Waals surface area contributed by atoms with E-state index in [1.165, 1.54) is 6.42 Å². The molecule has 3 atom stereocenters. The number of hydrogen-bond donors (Lipinski definition) is 3. The van der Waals surface area contributed by atoms with Gasteiger partial charge >= 0.3 is 0 Å². The minimum Gasteiger partial charge on any atom is -0.388 e. The maximum atomic E-state index is 12.6. The van der Waals surface area contributed by atoms with Crippen LogP contribution in [0.1, 0.15) is 59.3 Å². The third kappa shape index (κ3) is 4.19. The van der Waals surface area contributed by atoms with E-state index in [4.69, 9.17) is 0 Å². The second-order valence-electron chi connectivity index (χ2n) is 7.87. The smallest absolute Gasteiger partial charge is 0.226 e. The normalized spacial score (nSPS) is 34.5. The molecule has 3 unspecified atom stereocenters. The Hall–Kier alpha value is -0.610. The van der Waals surface area contributed by atoms with E-state index in [0.717, 1.165) is 45.2 Å². The molecule has 4 nitrogen and oxygen atoms in total. The Kier molecular flexibility index (Phi) is 5.31. The first-order valence-corrected chi connectivity index (χ1v) is 8.55. The van der Waals surface area contributed by atoms with Crippen LogP contribution in [0.5, 0.6) is 0 Å². The van der Waals surface area contributed by atoms with Gasteiger partial charge in [0.15, 0.2) is 0 Å².